The molecule has 6 heteroatoms. The normalized spacial score (nSPS) is 16.6. The second kappa shape index (κ2) is 7.99. The van der Waals surface area contributed by atoms with Crippen molar-refractivity contribution in [3.8, 4) is 5.75 Å². The van der Waals surface area contributed by atoms with E-state index in [1.165, 1.54) is 12.1 Å². The van der Waals surface area contributed by atoms with E-state index in [9.17, 15) is 14.0 Å². The standard InChI is InChI=1S/C20H21FN2O3/c1-26-18-7-5-14(6-8-18)12-23-13-16(10-19(23)24)20(25)22-11-15-3-2-4-17(21)9-15/h2-9,16H,10-13H2,1H3,(H,22,25)/t16-/m0/s1. The van der Waals surface area contributed by atoms with Gasteiger partial charge >= 0.3 is 0 Å². The Balaban J connectivity index is 1.53. The largest absolute Gasteiger partial charge is 0.497 e. The van der Waals surface area contributed by atoms with Gasteiger partial charge in [-0.15, -0.1) is 0 Å². The lowest BCUT2D eigenvalue weighted by molar-refractivity contribution is -0.129. The summed E-state index contributed by atoms with van der Waals surface area (Å²) in [5, 5.41) is 2.79. The molecular formula is C20H21FN2O3. The summed E-state index contributed by atoms with van der Waals surface area (Å²) >= 11 is 0. The monoisotopic (exact) mass is 356 g/mol. The molecule has 0 spiro atoms. The number of carbonyl (C=O) groups excluding carboxylic acids is 2. The first-order valence-corrected chi connectivity index (χ1v) is 8.48. The predicted octanol–water partition coefficient (Wildman–Crippen LogP) is 2.50. The van der Waals surface area contributed by atoms with Crippen LogP contribution in [0.2, 0.25) is 0 Å². The number of ether oxygens (including phenoxy) is 1. The van der Waals surface area contributed by atoms with Crippen LogP contribution >= 0.6 is 0 Å². The predicted molar refractivity (Wildman–Crippen MR) is 94.8 cm³/mol. The molecule has 1 N–H and O–H groups in total. The number of hydrogen-bond acceptors (Lipinski definition) is 3. The summed E-state index contributed by atoms with van der Waals surface area (Å²) in [6, 6.07) is 13.6. The number of rotatable bonds is 6. The fraction of sp³-hybridized carbons (Fsp3) is 0.300. The van der Waals surface area contributed by atoms with Gasteiger partial charge in [-0.2, -0.15) is 0 Å². The summed E-state index contributed by atoms with van der Waals surface area (Å²) in [5.74, 6) is -0.171. The molecule has 2 aromatic carbocycles. The summed E-state index contributed by atoms with van der Waals surface area (Å²) in [7, 11) is 1.60. The number of halogens is 1. The minimum atomic E-state index is -0.380. The van der Waals surface area contributed by atoms with Gasteiger partial charge in [0.1, 0.15) is 11.6 Å². The van der Waals surface area contributed by atoms with Gasteiger partial charge in [0.25, 0.3) is 0 Å². The quantitative estimate of drug-likeness (QED) is 0.865. The van der Waals surface area contributed by atoms with E-state index in [-0.39, 0.29) is 36.5 Å². The zero-order valence-corrected chi connectivity index (χ0v) is 14.6. The molecule has 136 valence electrons. The van der Waals surface area contributed by atoms with Gasteiger partial charge < -0.3 is 15.0 Å². The number of methoxy groups -OCH3 is 1. The highest BCUT2D eigenvalue weighted by atomic mass is 19.1. The smallest absolute Gasteiger partial charge is 0.225 e. The van der Waals surface area contributed by atoms with Crippen LogP contribution in [0.5, 0.6) is 5.75 Å². The molecular weight excluding hydrogens is 335 g/mol. The summed E-state index contributed by atoms with van der Waals surface area (Å²) in [6.07, 6.45) is 0.200. The molecule has 1 atom stereocenters. The first-order chi connectivity index (χ1) is 12.5. The Hall–Kier alpha value is -2.89. The molecule has 3 rings (SSSR count). The van der Waals surface area contributed by atoms with Crippen molar-refractivity contribution in [2.75, 3.05) is 13.7 Å². The molecule has 0 saturated carbocycles. The second-order valence-electron chi connectivity index (χ2n) is 6.37. The highest BCUT2D eigenvalue weighted by Crippen LogP contribution is 2.21. The molecule has 2 aromatic rings. The summed E-state index contributed by atoms with van der Waals surface area (Å²) < 4.78 is 18.3. The molecule has 2 amide bonds. The number of nitrogens with zero attached hydrogens (tertiary/aromatic N) is 1. The minimum absolute atomic E-state index is 0.0354. The molecule has 1 aliphatic rings. The Bertz CT molecular complexity index is 792. The number of likely N-dealkylation sites (tertiary alicyclic amines) is 1. The molecule has 0 bridgehead atoms. The third-order valence-electron chi connectivity index (χ3n) is 4.47. The number of benzene rings is 2. The molecule has 0 aromatic heterocycles. The Morgan fingerprint density at radius 2 is 2.00 bits per heavy atom. The van der Waals surface area contributed by atoms with Crippen LogP contribution in [0.3, 0.4) is 0 Å². The number of hydrogen-bond donors (Lipinski definition) is 1. The van der Waals surface area contributed by atoms with Crippen LogP contribution in [0.15, 0.2) is 48.5 Å². The number of nitrogens with one attached hydrogen (secondary N) is 1. The average Bonchev–Trinajstić information content (AvgIpc) is 3.01. The van der Waals surface area contributed by atoms with Crippen molar-refractivity contribution in [1.82, 2.24) is 10.2 Å². The van der Waals surface area contributed by atoms with Gasteiger partial charge in [0.2, 0.25) is 11.8 Å². The van der Waals surface area contributed by atoms with Crippen molar-refractivity contribution >= 4 is 11.8 Å². The lowest BCUT2D eigenvalue weighted by atomic mass is 10.1. The van der Waals surface area contributed by atoms with E-state index >= 15 is 0 Å². The van der Waals surface area contributed by atoms with E-state index in [4.69, 9.17) is 4.74 Å². The van der Waals surface area contributed by atoms with Crippen molar-refractivity contribution in [3.05, 3.63) is 65.5 Å². The van der Waals surface area contributed by atoms with E-state index in [2.05, 4.69) is 5.32 Å². The van der Waals surface area contributed by atoms with E-state index in [1.54, 1.807) is 24.1 Å². The number of carbonyl (C=O) groups is 2. The van der Waals surface area contributed by atoms with E-state index < -0.39 is 0 Å². The van der Waals surface area contributed by atoms with Crippen LogP contribution < -0.4 is 10.1 Å². The maximum absolute atomic E-state index is 13.2. The Kier molecular flexibility index (Phi) is 5.51. The zero-order valence-electron chi connectivity index (χ0n) is 14.6. The van der Waals surface area contributed by atoms with Crippen molar-refractivity contribution in [1.29, 1.82) is 0 Å². The van der Waals surface area contributed by atoms with Crippen LogP contribution in [0, 0.1) is 11.7 Å². The molecule has 1 heterocycles. The van der Waals surface area contributed by atoms with E-state index in [0.29, 0.717) is 18.7 Å². The van der Waals surface area contributed by atoms with E-state index in [1.807, 2.05) is 24.3 Å². The number of amides is 2. The summed E-state index contributed by atoms with van der Waals surface area (Å²) in [6.45, 7) is 1.11. The van der Waals surface area contributed by atoms with Crippen LogP contribution in [0.25, 0.3) is 0 Å². The van der Waals surface area contributed by atoms with Gasteiger partial charge in [0.05, 0.1) is 13.0 Å². The molecule has 5 nitrogen and oxygen atoms in total. The molecule has 1 aliphatic heterocycles. The van der Waals surface area contributed by atoms with Crippen molar-refractivity contribution in [2.24, 2.45) is 5.92 Å². The van der Waals surface area contributed by atoms with Gasteiger partial charge in [-0.25, -0.2) is 4.39 Å². The Morgan fingerprint density at radius 1 is 1.23 bits per heavy atom. The molecule has 1 saturated heterocycles. The first kappa shape index (κ1) is 17.9. The van der Waals surface area contributed by atoms with Gasteiger partial charge in [-0.3, -0.25) is 9.59 Å². The van der Waals surface area contributed by atoms with Gasteiger partial charge in [0, 0.05) is 26.1 Å². The molecule has 0 radical (unpaired) electrons. The van der Waals surface area contributed by atoms with Gasteiger partial charge in [-0.05, 0) is 35.4 Å². The average molecular weight is 356 g/mol. The fourth-order valence-corrected chi connectivity index (χ4v) is 3.03. The van der Waals surface area contributed by atoms with Gasteiger partial charge in [0.15, 0.2) is 0 Å². The zero-order chi connectivity index (χ0) is 18.5. The highest BCUT2D eigenvalue weighted by molar-refractivity contribution is 5.89. The topological polar surface area (TPSA) is 58.6 Å². The Labute approximate surface area is 151 Å². The molecule has 26 heavy (non-hydrogen) atoms. The lowest BCUT2D eigenvalue weighted by Gasteiger charge is -2.17. The van der Waals surface area contributed by atoms with Crippen LogP contribution in [-0.4, -0.2) is 30.4 Å². The molecule has 0 aliphatic carbocycles. The fourth-order valence-electron chi connectivity index (χ4n) is 3.03. The third-order valence-corrected chi connectivity index (χ3v) is 4.47. The van der Waals surface area contributed by atoms with Crippen molar-refractivity contribution < 1.29 is 18.7 Å². The van der Waals surface area contributed by atoms with Crippen LogP contribution in [0.4, 0.5) is 4.39 Å². The second-order valence-corrected chi connectivity index (χ2v) is 6.37. The summed E-state index contributed by atoms with van der Waals surface area (Å²) in [5.41, 5.74) is 1.68. The highest BCUT2D eigenvalue weighted by Gasteiger charge is 2.34. The maximum atomic E-state index is 13.2. The first-order valence-electron chi connectivity index (χ1n) is 8.48. The van der Waals surface area contributed by atoms with Crippen LogP contribution in [-0.2, 0) is 22.7 Å². The maximum Gasteiger partial charge on any atom is 0.225 e. The van der Waals surface area contributed by atoms with Crippen molar-refractivity contribution in [2.45, 2.75) is 19.5 Å². The molecule has 1 fully saturated rings. The lowest BCUT2D eigenvalue weighted by Crippen LogP contribution is -2.32. The van der Waals surface area contributed by atoms with E-state index in [0.717, 1.165) is 11.3 Å². The van der Waals surface area contributed by atoms with Crippen LogP contribution in [0.1, 0.15) is 17.5 Å². The summed E-state index contributed by atoms with van der Waals surface area (Å²) in [4.78, 5) is 26.2. The third kappa shape index (κ3) is 4.39. The SMILES string of the molecule is COc1ccc(CN2C[C@@H](C(=O)NCc3cccc(F)c3)CC2=O)cc1. The van der Waals surface area contributed by atoms with Crippen molar-refractivity contribution in [3.63, 3.8) is 0 Å². The van der Waals surface area contributed by atoms with Gasteiger partial charge in [-0.1, -0.05) is 24.3 Å². The minimum Gasteiger partial charge on any atom is -0.497 e. The Morgan fingerprint density at radius 3 is 2.69 bits per heavy atom. The molecule has 0 unspecified atom stereocenters.